The number of aliphatic hydroxyl groups excluding tert-OH is 1. The van der Waals surface area contributed by atoms with E-state index in [0.29, 0.717) is 18.7 Å². The number of nitrogens with one attached hydrogen (secondary N) is 1. The van der Waals surface area contributed by atoms with Crippen molar-refractivity contribution in [2.45, 2.75) is 31.4 Å². The summed E-state index contributed by atoms with van der Waals surface area (Å²) in [6, 6.07) is -0.710. The normalized spacial score (nSPS) is 16.7. The Labute approximate surface area is 199 Å². The molecule has 0 unspecified atom stereocenters. The number of aliphatic hydroxyl groups is 1. The molecule has 0 radical (unpaired) electrons. The van der Waals surface area contributed by atoms with Crippen LogP contribution in [0, 0.1) is 17.5 Å². The Morgan fingerprint density at radius 2 is 1.92 bits per heavy atom. The Hall–Kier alpha value is -3.68. The topological polar surface area (TPSA) is 100 Å². The second kappa shape index (κ2) is 10.1. The van der Waals surface area contributed by atoms with Crippen molar-refractivity contribution in [3.63, 3.8) is 0 Å². The molecule has 3 aromatic heterocycles. The van der Waals surface area contributed by atoms with Crippen LogP contribution in [0.5, 0.6) is 0 Å². The van der Waals surface area contributed by atoms with Gasteiger partial charge in [-0.3, -0.25) is 18.5 Å². The van der Waals surface area contributed by atoms with Crippen LogP contribution in [0.2, 0.25) is 0 Å². The molecule has 4 heterocycles. The van der Waals surface area contributed by atoms with Crippen molar-refractivity contribution in [3.8, 4) is 5.82 Å². The van der Waals surface area contributed by atoms with Crippen molar-refractivity contribution < 1.29 is 36.2 Å². The van der Waals surface area contributed by atoms with Gasteiger partial charge in [0.05, 0.1) is 30.4 Å². The van der Waals surface area contributed by atoms with Crippen LogP contribution in [0.25, 0.3) is 16.9 Å². The molecule has 36 heavy (non-hydrogen) atoms. The molecule has 2 N–H and O–H groups in total. The van der Waals surface area contributed by atoms with Gasteiger partial charge in [-0.25, -0.2) is 31.9 Å². The van der Waals surface area contributed by atoms with E-state index in [2.05, 4.69) is 9.97 Å². The minimum absolute atomic E-state index is 0.0346. The number of carbonyl (C=O) groups is 1. The van der Waals surface area contributed by atoms with Gasteiger partial charge in [-0.05, 0) is 12.5 Å². The molecule has 0 aliphatic carbocycles. The van der Waals surface area contributed by atoms with Gasteiger partial charge < -0.3 is 15.3 Å². The van der Waals surface area contributed by atoms with Gasteiger partial charge in [-0.2, -0.15) is 0 Å². The predicted molar refractivity (Wildman–Crippen MR) is 116 cm³/mol. The number of hydrogen-bond acceptors (Lipinski definition) is 6. The number of halogens is 6. The van der Waals surface area contributed by atoms with Crippen molar-refractivity contribution >= 4 is 22.8 Å². The minimum Gasteiger partial charge on any atom is -0.391 e. The van der Waals surface area contributed by atoms with Gasteiger partial charge >= 0.3 is 0 Å². The summed E-state index contributed by atoms with van der Waals surface area (Å²) in [6.45, 7) is -0.911. The first-order chi connectivity index (χ1) is 17.1. The molecule has 2 atom stereocenters. The molecule has 14 heteroatoms. The van der Waals surface area contributed by atoms with Crippen LogP contribution in [0.3, 0.4) is 0 Å². The van der Waals surface area contributed by atoms with Crippen molar-refractivity contribution in [1.29, 1.82) is 0 Å². The molecule has 1 fully saturated rings. The Balaban J connectivity index is 1.93. The zero-order chi connectivity index (χ0) is 26.1. The molecule has 3 aromatic rings. The number of nitrogens with zero attached hydrogens (tertiary/aromatic N) is 4. The van der Waals surface area contributed by atoms with Gasteiger partial charge in [-0.15, -0.1) is 0 Å². The van der Waals surface area contributed by atoms with E-state index < -0.39 is 77.2 Å². The third-order valence-electron chi connectivity index (χ3n) is 5.68. The van der Waals surface area contributed by atoms with E-state index in [0.717, 1.165) is 16.8 Å². The average Bonchev–Trinajstić information content (AvgIpc) is 3.25. The summed E-state index contributed by atoms with van der Waals surface area (Å²) in [7, 11) is 0. The van der Waals surface area contributed by atoms with Gasteiger partial charge in [0.15, 0.2) is 28.9 Å². The third-order valence-corrected chi connectivity index (χ3v) is 5.68. The average molecular weight is 515 g/mol. The SMILES string of the molecule is O=C(N[C@@H](CCF)C(F)F)c1cn(-c2ncc(F)cc2F)c2nc(N3CC[C@H](O)C3)c(F)cc2c1=O. The molecule has 0 spiro atoms. The molecule has 1 aliphatic heterocycles. The number of amides is 1. The first kappa shape index (κ1) is 25.4. The molecular weight excluding hydrogens is 496 g/mol. The second-order valence-electron chi connectivity index (χ2n) is 8.15. The van der Waals surface area contributed by atoms with Gasteiger partial charge in [0.1, 0.15) is 11.4 Å². The number of β-amino-alcohol motifs (C(OH)–C–C–N with tert-alkyl or cyclic N) is 1. The highest BCUT2D eigenvalue weighted by molar-refractivity contribution is 5.97. The summed E-state index contributed by atoms with van der Waals surface area (Å²) < 4.78 is 82.9. The number of anilines is 1. The third kappa shape index (κ3) is 4.85. The molecule has 0 aromatic carbocycles. The largest absolute Gasteiger partial charge is 0.391 e. The molecule has 4 rings (SSSR count). The monoisotopic (exact) mass is 515 g/mol. The minimum atomic E-state index is -3.15. The fraction of sp³-hybridized carbons (Fsp3) is 0.364. The van der Waals surface area contributed by atoms with Crippen LogP contribution >= 0.6 is 0 Å². The first-order valence-electron chi connectivity index (χ1n) is 10.8. The fourth-order valence-corrected chi connectivity index (χ4v) is 3.90. The number of rotatable bonds is 7. The highest BCUT2D eigenvalue weighted by atomic mass is 19.3. The summed E-state index contributed by atoms with van der Waals surface area (Å²) in [6.07, 6.45) is -2.91. The Morgan fingerprint density at radius 3 is 2.53 bits per heavy atom. The van der Waals surface area contributed by atoms with Crippen molar-refractivity contribution in [2.75, 3.05) is 24.7 Å². The van der Waals surface area contributed by atoms with E-state index in [9.17, 15) is 41.0 Å². The molecule has 1 aliphatic rings. The van der Waals surface area contributed by atoms with Crippen molar-refractivity contribution in [3.05, 3.63) is 57.8 Å². The van der Waals surface area contributed by atoms with Gasteiger partial charge in [0, 0.05) is 31.8 Å². The van der Waals surface area contributed by atoms with Gasteiger partial charge in [0.25, 0.3) is 12.3 Å². The lowest BCUT2D eigenvalue weighted by Crippen LogP contribution is -2.42. The molecular formula is C22H19F6N5O3. The second-order valence-corrected chi connectivity index (χ2v) is 8.15. The quantitative estimate of drug-likeness (QED) is 0.469. The Kier molecular flexibility index (Phi) is 7.15. The lowest BCUT2D eigenvalue weighted by atomic mass is 10.1. The maximum atomic E-state index is 15.0. The summed E-state index contributed by atoms with van der Waals surface area (Å²) in [4.78, 5) is 34.9. The van der Waals surface area contributed by atoms with E-state index in [1.54, 1.807) is 0 Å². The van der Waals surface area contributed by atoms with Crippen LogP contribution in [0.1, 0.15) is 23.2 Å². The number of alkyl halides is 3. The molecule has 1 amide bonds. The number of hydrogen-bond donors (Lipinski definition) is 2. The van der Waals surface area contributed by atoms with Crippen molar-refractivity contribution in [1.82, 2.24) is 19.9 Å². The summed E-state index contributed by atoms with van der Waals surface area (Å²) in [5, 5.41) is 11.1. The first-order valence-corrected chi connectivity index (χ1v) is 10.8. The maximum Gasteiger partial charge on any atom is 0.258 e. The number of pyridine rings is 3. The van der Waals surface area contributed by atoms with E-state index in [-0.39, 0.29) is 24.6 Å². The zero-order valence-electron chi connectivity index (χ0n) is 18.4. The van der Waals surface area contributed by atoms with Crippen molar-refractivity contribution in [2.24, 2.45) is 0 Å². The molecule has 0 saturated carbocycles. The van der Waals surface area contributed by atoms with Crippen LogP contribution in [0.4, 0.5) is 32.2 Å². The van der Waals surface area contributed by atoms with Crippen LogP contribution in [-0.2, 0) is 0 Å². The van der Waals surface area contributed by atoms with Crippen LogP contribution in [0.15, 0.2) is 29.3 Å². The van der Waals surface area contributed by atoms with Gasteiger partial charge in [-0.1, -0.05) is 0 Å². The van der Waals surface area contributed by atoms with E-state index in [4.69, 9.17) is 0 Å². The van der Waals surface area contributed by atoms with E-state index >= 15 is 0 Å². The molecule has 0 bridgehead atoms. The van der Waals surface area contributed by atoms with Gasteiger partial charge in [0.2, 0.25) is 5.43 Å². The summed E-state index contributed by atoms with van der Waals surface area (Å²) >= 11 is 0. The standard InChI is InChI=1S/C22H19F6N5O3/c23-3-1-16(18(27)28)30-22(36)13-9-33(20-14(25)5-10(24)7-29-20)19-12(17(13)35)6-15(26)21(31-19)32-4-2-11(34)8-32/h5-7,9,11,16,18,34H,1-4,8H2,(H,30,36)/t11-,16-/m0/s1. The smallest absolute Gasteiger partial charge is 0.258 e. The highest BCUT2D eigenvalue weighted by Gasteiger charge is 2.28. The van der Waals surface area contributed by atoms with E-state index in [1.165, 1.54) is 4.90 Å². The summed E-state index contributed by atoms with van der Waals surface area (Å²) in [5.74, 6) is -5.48. The number of fused-ring (bicyclic) bond motifs is 1. The highest BCUT2D eigenvalue weighted by Crippen LogP contribution is 2.26. The summed E-state index contributed by atoms with van der Waals surface area (Å²) in [5.41, 5.74) is -2.28. The molecule has 192 valence electrons. The van der Waals surface area contributed by atoms with E-state index in [1.807, 2.05) is 5.32 Å². The number of carbonyl (C=O) groups excluding carboxylic acids is 1. The van der Waals surface area contributed by atoms with Crippen LogP contribution < -0.4 is 15.6 Å². The molecule has 8 nitrogen and oxygen atoms in total. The van der Waals surface area contributed by atoms with Crippen LogP contribution in [-0.4, -0.2) is 63.9 Å². The maximum absolute atomic E-state index is 15.0. The fourth-order valence-electron chi connectivity index (χ4n) is 3.90. The Morgan fingerprint density at radius 1 is 1.19 bits per heavy atom. The Bertz CT molecular complexity index is 1370. The predicted octanol–water partition coefficient (Wildman–Crippen LogP) is 2.49. The lowest BCUT2D eigenvalue weighted by molar-refractivity contribution is 0.0708. The lowest BCUT2D eigenvalue weighted by Gasteiger charge is -2.20. The zero-order valence-corrected chi connectivity index (χ0v) is 18.4. The number of aromatic nitrogens is 3. The molecule has 1 saturated heterocycles.